The van der Waals surface area contributed by atoms with Gasteiger partial charge in [0, 0.05) is 18.1 Å². The Morgan fingerprint density at radius 2 is 2.33 bits per heavy atom. The molecule has 1 atom stereocenters. The van der Waals surface area contributed by atoms with Crippen LogP contribution in [-0.2, 0) is 7.05 Å². The van der Waals surface area contributed by atoms with Gasteiger partial charge in [-0.05, 0) is 31.5 Å². The van der Waals surface area contributed by atoms with Gasteiger partial charge in [0.05, 0.1) is 5.56 Å². The average molecular weight is 306 g/mol. The fraction of sp³-hybridized carbons (Fsp3) is 0.357. The van der Waals surface area contributed by atoms with Gasteiger partial charge in [-0.3, -0.25) is 0 Å². The predicted octanol–water partition coefficient (Wildman–Crippen LogP) is 2.20. The lowest BCUT2D eigenvalue weighted by molar-refractivity contribution is 0.177. The molecule has 0 aliphatic carbocycles. The Hall–Kier alpha value is -2.10. The van der Waals surface area contributed by atoms with Gasteiger partial charge in [0.2, 0.25) is 0 Å². The number of rotatable bonds is 6. The lowest BCUT2D eigenvalue weighted by Crippen LogP contribution is -2.16. The molecule has 110 valence electrons. The maximum atomic E-state index is 9.16. The van der Waals surface area contributed by atoms with Gasteiger partial charge in [-0.25, -0.2) is 9.67 Å². The molecule has 0 fully saturated rings. The summed E-state index contributed by atoms with van der Waals surface area (Å²) in [4.78, 5) is 4.21. The molecule has 0 aliphatic heterocycles. The summed E-state index contributed by atoms with van der Waals surface area (Å²) >= 11 is 5.98. The maximum absolute atomic E-state index is 9.16. The molecule has 2 aromatic rings. The molecular formula is C14H16ClN5O. The quantitative estimate of drug-likeness (QED) is 0.883. The third-order valence-corrected chi connectivity index (χ3v) is 3.27. The zero-order valence-electron chi connectivity index (χ0n) is 11.7. The van der Waals surface area contributed by atoms with Crippen LogP contribution in [-0.4, -0.2) is 21.3 Å². The molecule has 0 spiro atoms. The van der Waals surface area contributed by atoms with Crippen LogP contribution < -0.4 is 10.5 Å². The molecule has 1 aromatic heterocycles. The van der Waals surface area contributed by atoms with Gasteiger partial charge >= 0.3 is 0 Å². The molecule has 0 amide bonds. The molecule has 21 heavy (non-hydrogen) atoms. The molecule has 0 bridgehead atoms. The Labute approximate surface area is 128 Å². The van der Waals surface area contributed by atoms with E-state index in [1.54, 1.807) is 29.9 Å². The van der Waals surface area contributed by atoms with Crippen LogP contribution in [0.15, 0.2) is 24.5 Å². The predicted molar refractivity (Wildman–Crippen MR) is 78.8 cm³/mol. The van der Waals surface area contributed by atoms with Crippen LogP contribution in [0.5, 0.6) is 5.75 Å². The fourth-order valence-electron chi connectivity index (χ4n) is 1.98. The molecule has 2 N–H and O–H groups in total. The summed E-state index contributed by atoms with van der Waals surface area (Å²) in [6.07, 6.45) is 2.60. The van der Waals surface area contributed by atoms with Crippen molar-refractivity contribution in [3.05, 3.63) is 40.9 Å². The standard InChI is InChI=1S/C14H16ClN5O/c1-20-14(18-9-19-20)12(3-2-6-16)21-13-7-11(15)5-4-10(13)8-17/h4-5,7,9,12H,2-3,6,16H2,1H3. The van der Waals surface area contributed by atoms with E-state index >= 15 is 0 Å². The maximum Gasteiger partial charge on any atom is 0.167 e. The highest BCUT2D eigenvalue weighted by Crippen LogP contribution is 2.29. The number of nitrogens with two attached hydrogens (primary N) is 1. The van der Waals surface area contributed by atoms with Crippen LogP contribution in [0.2, 0.25) is 5.02 Å². The SMILES string of the molecule is Cn1ncnc1C(CCCN)Oc1cc(Cl)ccc1C#N. The lowest BCUT2D eigenvalue weighted by Gasteiger charge is -2.19. The number of nitriles is 1. The second-order valence-electron chi connectivity index (χ2n) is 4.53. The van der Waals surface area contributed by atoms with E-state index in [1.807, 2.05) is 0 Å². The second-order valence-corrected chi connectivity index (χ2v) is 4.97. The summed E-state index contributed by atoms with van der Waals surface area (Å²) in [6, 6.07) is 7.01. The number of aromatic nitrogens is 3. The summed E-state index contributed by atoms with van der Waals surface area (Å²) in [5.41, 5.74) is 6.00. The van der Waals surface area contributed by atoms with Gasteiger partial charge in [0.25, 0.3) is 0 Å². The first-order valence-electron chi connectivity index (χ1n) is 6.56. The van der Waals surface area contributed by atoms with E-state index in [4.69, 9.17) is 27.3 Å². The largest absolute Gasteiger partial charge is 0.481 e. The normalized spacial score (nSPS) is 11.9. The van der Waals surface area contributed by atoms with Crippen molar-refractivity contribution in [2.24, 2.45) is 12.8 Å². The monoisotopic (exact) mass is 305 g/mol. The van der Waals surface area contributed by atoms with Gasteiger partial charge in [-0.15, -0.1) is 0 Å². The first-order chi connectivity index (χ1) is 10.2. The number of aryl methyl sites for hydroxylation is 1. The van der Waals surface area contributed by atoms with E-state index in [1.165, 1.54) is 6.33 Å². The van der Waals surface area contributed by atoms with Gasteiger partial charge in [-0.2, -0.15) is 10.4 Å². The molecule has 0 saturated carbocycles. The highest BCUT2D eigenvalue weighted by Gasteiger charge is 2.20. The van der Waals surface area contributed by atoms with Crippen molar-refractivity contribution >= 4 is 11.6 Å². The fourth-order valence-corrected chi connectivity index (χ4v) is 2.14. The Kier molecular flexibility index (Phi) is 5.14. The highest BCUT2D eigenvalue weighted by atomic mass is 35.5. The Bertz CT molecular complexity index is 649. The molecule has 6 nitrogen and oxygen atoms in total. The molecule has 0 saturated heterocycles. The first kappa shape index (κ1) is 15.3. The van der Waals surface area contributed by atoms with E-state index in [-0.39, 0.29) is 6.10 Å². The smallest absolute Gasteiger partial charge is 0.167 e. The van der Waals surface area contributed by atoms with Crippen LogP contribution in [0.4, 0.5) is 0 Å². The Morgan fingerprint density at radius 3 is 2.95 bits per heavy atom. The summed E-state index contributed by atoms with van der Waals surface area (Å²) in [5, 5.41) is 13.7. The number of nitrogens with zero attached hydrogens (tertiary/aromatic N) is 4. The number of benzene rings is 1. The Balaban J connectivity index is 2.29. The van der Waals surface area contributed by atoms with Gasteiger partial charge in [0.1, 0.15) is 18.1 Å². The summed E-state index contributed by atoms with van der Waals surface area (Å²) in [7, 11) is 1.80. The molecule has 0 aliphatic rings. The van der Waals surface area contributed by atoms with Crippen molar-refractivity contribution in [1.29, 1.82) is 5.26 Å². The first-order valence-corrected chi connectivity index (χ1v) is 6.93. The van der Waals surface area contributed by atoms with E-state index in [0.717, 1.165) is 6.42 Å². The minimum Gasteiger partial charge on any atom is -0.481 e. The van der Waals surface area contributed by atoms with E-state index in [0.29, 0.717) is 35.1 Å². The Morgan fingerprint density at radius 1 is 1.52 bits per heavy atom. The van der Waals surface area contributed by atoms with Crippen molar-refractivity contribution in [1.82, 2.24) is 14.8 Å². The van der Waals surface area contributed by atoms with Crippen molar-refractivity contribution in [3.8, 4) is 11.8 Å². The zero-order chi connectivity index (χ0) is 15.2. The van der Waals surface area contributed by atoms with E-state index < -0.39 is 0 Å². The summed E-state index contributed by atoms with van der Waals surface area (Å²) in [5.74, 6) is 1.13. The zero-order valence-corrected chi connectivity index (χ0v) is 12.4. The topological polar surface area (TPSA) is 89.8 Å². The van der Waals surface area contributed by atoms with E-state index in [9.17, 15) is 0 Å². The molecule has 1 heterocycles. The molecule has 7 heteroatoms. The van der Waals surface area contributed by atoms with Crippen molar-refractivity contribution < 1.29 is 4.74 Å². The number of halogens is 1. The van der Waals surface area contributed by atoms with Crippen molar-refractivity contribution in [2.45, 2.75) is 18.9 Å². The molecule has 1 aromatic carbocycles. The second kappa shape index (κ2) is 7.07. The summed E-state index contributed by atoms with van der Waals surface area (Å²) < 4.78 is 7.61. The lowest BCUT2D eigenvalue weighted by atomic mass is 10.1. The van der Waals surface area contributed by atoms with E-state index in [2.05, 4.69) is 16.2 Å². The van der Waals surface area contributed by atoms with Crippen LogP contribution >= 0.6 is 11.6 Å². The molecule has 0 radical (unpaired) electrons. The number of hydrogen-bond donors (Lipinski definition) is 1. The van der Waals surface area contributed by atoms with Crippen LogP contribution in [0.3, 0.4) is 0 Å². The minimum atomic E-state index is -0.327. The van der Waals surface area contributed by atoms with Crippen LogP contribution in [0.25, 0.3) is 0 Å². The average Bonchev–Trinajstić information content (AvgIpc) is 2.90. The number of hydrogen-bond acceptors (Lipinski definition) is 5. The molecule has 2 rings (SSSR count). The summed E-state index contributed by atoms with van der Waals surface area (Å²) in [6.45, 7) is 0.554. The minimum absolute atomic E-state index is 0.327. The van der Waals surface area contributed by atoms with Crippen molar-refractivity contribution in [3.63, 3.8) is 0 Å². The third-order valence-electron chi connectivity index (χ3n) is 3.04. The van der Waals surface area contributed by atoms with Crippen LogP contribution in [0, 0.1) is 11.3 Å². The molecule has 1 unspecified atom stereocenters. The van der Waals surface area contributed by atoms with Crippen molar-refractivity contribution in [2.75, 3.05) is 6.54 Å². The van der Waals surface area contributed by atoms with Crippen LogP contribution in [0.1, 0.15) is 30.3 Å². The molecular weight excluding hydrogens is 290 g/mol. The highest BCUT2D eigenvalue weighted by molar-refractivity contribution is 6.30. The van der Waals surface area contributed by atoms with Gasteiger partial charge in [-0.1, -0.05) is 11.6 Å². The van der Waals surface area contributed by atoms with Gasteiger partial charge < -0.3 is 10.5 Å². The van der Waals surface area contributed by atoms with Gasteiger partial charge in [0.15, 0.2) is 11.9 Å². The number of ether oxygens (including phenoxy) is 1. The third kappa shape index (κ3) is 3.72.